The highest BCUT2D eigenvalue weighted by atomic mass is 16.5. The normalized spacial score (nSPS) is 21.0. The Balaban J connectivity index is 1.68. The van der Waals surface area contributed by atoms with E-state index in [0.29, 0.717) is 19.1 Å². The van der Waals surface area contributed by atoms with Crippen LogP contribution in [0.3, 0.4) is 0 Å². The van der Waals surface area contributed by atoms with Gasteiger partial charge in [0.1, 0.15) is 12.4 Å². The van der Waals surface area contributed by atoms with Crippen LogP contribution in [0.25, 0.3) is 0 Å². The lowest BCUT2D eigenvalue weighted by Gasteiger charge is -2.06. The van der Waals surface area contributed by atoms with E-state index < -0.39 is 0 Å². The minimum absolute atomic E-state index is 0.514. The lowest BCUT2D eigenvalue weighted by molar-refractivity contribution is 0.0691. The Morgan fingerprint density at radius 2 is 2.47 bits per heavy atom. The zero-order chi connectivity index (χ0) is 10.5. The van der Waals surface area contributed by atoms with Crippen molar-refractivity contribution in [2.24, 2.45) is 11.7 Å². The van der Waals surface area contributed by atoms with Gasteiger partial charge in [-0.3, -0.25) is 0 Å². The summed E-state index contributed by atoms with van der Waals surface area (Å²) in [6, 6.07) is 1.94. The molecule has 4 heteroatoms. The molecule has 0 aliphatic carbocycles. The average molecular weight is 211 g/mol. The number of ether oxygens (including phenoxy) is 2. The van der Waals surface area contributed by atoms with E-state index in [4.69, 9.17) is 19.6 Å². The predicted octanol–water partition coefficient (Wildman–Crippen LogP) is 1.29. The number of hydrogen-bond acceptors (Lipinski definition) is 4. The van der Waals surface area contributed by atoms with Crippen molar-refractivity contribution in [2.75, 3.05) is 19.8 Å². The Labute approximate surface area is 89.3 Å². The van der Waals surface area contributed by atoms with Gasteiger partial charge >= 0.3 is 0 Å². The van der Waals surface area contributed by atoms with Crippen LogP contribution in [0.5, 0.6) is 0 Å². The van der Waals surface area contributed by atoms with E-state index in [0.717, 1.165) is 37.6 Å². The molecule has 1 aliphatic heterocycles. The molecule has 15 heavy (non-hydrogen) atoms. The topological polar surface area (TPSA) is 57.6 Å². The maximum Gasteiger partial charge on any atom is 0.129 e. The molecule has 1 unspecified atom stereocenters. The lowest BCUT2D eigenvalue weighted by atomic mass is 10.1. The van der Waals surface area contributed by atoms with Crippen LogP contribution in [-0.2, 0) is 22.6 Å². The van der Waals surface area contributed by atoms with E-state index in [9.17, 15) is 0 Å². The first-order valence-corrected chi connectivity index (χ1v) is 5.30. The molecule has 4 nitrogen and oxygen atoms in total. The third-order valence-electron chi connectivity index (χ3n) is 2.57. The average Bonchev–Trinajstić information content (AvgIpc) is 2.88. The molecule has 0 bridgehead atoms. The summed E-state index contributed by atoms with van der Waals surface area (Å²) in [6.07, 6.45) is 2.78. The Morgan fingerprint density at radius 1 is 1.53 bits per heavy atom. The first-order chi connectivity index (χ1) is 7.38. The standard InChI is InChI=1S/C11H17NO3/c12-4-10-3-11(15-7-10)8-14-6-9-1-2-13-5-9/h3,7,9H,1-2,4-6,8,12H2. The van der Waals surface area contributed by atoms with Gasteiger partial charge in [0.2, 0.25) is 0 Å². The van der Waals surface area contributed by atoms with Crippen LogP contribution in [0.4, 0.5) is 0 Å². The zero-order valence-electron chi connectivity index (χ0n) is 8.78. The second-order valence-corrected chi connectivity index (χ2v) is 3.87. The van der Waals surface area contributed by atoms with Crippen LogP contribution in [0.1, 0.15) is 17.7 Å². The summed E-state index contributed by atoms with van der Waals surface area (Å²) >= 11 is 0. The minimum atomic E-state index is 0.514. The highest BCUT2D eigenvalue weighted by molar-refractivity contribution is 5.11. The first-order valence-electron chi connectivity index (χ1n) is 5.30. The Bertz CT molecular complexity index is 292. The molecule has 1 atom stereocenters. The zero-order valence-corrected chi connectivity index (χ0v) is 8.78. The largest absolute Gasteiger partial charge is 0.467 e. The Kier molecular flexibility index (Phi) is 3.77. The quantitative estimate of drug-likeness (QED) is 0.797. The number of furan rings is 1. The van der Waals surface area contributed by atoms with E-state index in [1.54, 1.807) is 6.26 Å². The molecule has 0 amide bonds. The van der Waals surface area contributed by atoms with E-state index in [1.807, 2.05) is 6.07 Å². The summed E-state index contributed by atoms with van der Waals surface area (Å²) < 4.78 is 16.1. The van der Waals surface area contributed by atoms with Gasteiger partial charge in [-0.25, -0.2) is 0 Å². The summed E-state index contributed by atoms with van der Waals surface area (Å²) in [6.45, 7) is 3.48. The van der Waals surface area contributed by atoms with Crippen molar-refractivity contribution in [2.45, 2.75) is 19.6 Å². The van der Waals surface area contributed by atoms with Gasteiger partial charge < -0.3 is 19.6 Å². The maximum atomic E-state index is 5.55. The van der Waals surface area contributed by atoms with Crippen molar-refractivity contribution in [1.82, 2.24) is 0 Å². The van der Waals surface area contributed by atoms with Crippen LogP contribution in [0.2, 0.25) is 0 Å². The van der Waals surface area contributed by atoms with Gasteiger partial charge in [-0.1, -0.05) is 0 Å². The fraction of sp³-hybridized carbons (Fsp3) is 0.636. The fourth-order valence-corrected chi connectivity index (χ4v) is 1.65. The van der Waals surface area contributed by atoms with Crippen LogP contribution in [0, 0.1) is 5.92 Å². The molecule has 0 spiro atoms. The van der Waals surface area contributed by atoms with Crippen LogP contribution in [0.15, 0.2) is 16.7 Å². The van der Waals surface area contributed by atoms with Crippen molar-refractivity contribution in [1.29, 1.82) is 0 Å². The van der Waals surface area contributed by atoms with Crippen molar-refractivity contribution < 1.29 is 13.9 Å². The van der Waals surface area contributed by atoms with Gasteiger partial charge in [0, 0.05) is 24.6 Å². The van der Waals surface area contributed by atoms with Gasteiger partial charge in [-0.2, -0.15) is 0 Å². The van der Waals surface area contributed by atoms with Gasteiger partial charge in [-0.05, 0) is 12.5 Å². The molecule has 1 aliphatic rings. The number of nitrogens with two attached hydrogens (primary N) is 1. The van der Waals surface area contributed by atoms with E-state index in [1.165, 1.54) is 0 Å². The third kappa shape index (κ3) is 3.06. The predicted molar refractivity (Wildman–Crippen MR) is 55.2 cm³/mol. The smallest absolute Gasteiger partial charge is 0.129 e. The van der Waals surface area contributed by atoms with E-state index >= 15 is 0 Å². The summed E-state index contributed by atoms with van der Waals surface area (Å²) in [5, 5.41) is 0. The number of rotatable bonds is 5. The highest BCUT2D eigenvalue weighted by Crippen LogP contribution is 2.14. The molecular formula is C11H17NO3. The summed E-state index contributed by atoms with van der Waals surface area (Å²) in [5.74, 6) is 1.39. The number of hydrogen-bond donors (Lipinski definition) is 1. The van der Waals surface area contributed by atoms with Crippen LogP contribution < -0.4 is 5.73 Å². The molecule has 0 saturated carbocycles. The monoisotopic (exact) mass is 211 g/mol. The molecule has 0 radical (unpaired) electrons. The maximum absolute atomic E-state index is 5.55. The lowest BCUT2D eigenvalue weighted by Crippen LogP contribution is -2.08. The van der Waals surface area contributed by atoms with E-state index in [-0.39, 0.29) is 0 Å². The molecule has 1 aromatic rings. The van der Waals surface area contributed by atoms with Crippen LogP contribution >= 0.6 is 0 Å². The molecule has 2 heterocycles. The second-order valence-electron chi connectivity index (χ2n) is 3.87. The molecule has 0 aromatic carbocycles. The summed E-state index contributed by atoms with van der Waals surface area (Å²) in [5.41, 5.74) is 6.49. The first kappa shape index (κ1) is 10.7. The molecule has 1 aromatic heterocycles. The summed E-state index contributed by atoms with van der Waals surface area (Å²) in [4.78, 5) is 0. The van der Waals surface area contributed by atoms with Gasteiger partial charge in [0.25, 0.3) is 0 Å². The van der Waals surface area contributed by atoms with Crippen molar-refractivity contribution in [3.63, 3.8) is 0 Å². The molecule has 2 N–H and O–H groups in total. The van der Waals surface area contributed by atoms with Crippen molar-refractivity contribution in [3.8, 4) is 0 Å². The Morgan fingerprint density at radius 3 is 3.13 bits per heavy atom. The van der Waals surface area contributed by atoms with Gasteiger partial charge in [0.05, 0.1) is 19.5 Å². The summed E-state index contributed by atoms with van der Waals surface area (Å²) in [7, 11) is 0. The van der Waals surface area contributed by atoms with Gasteiger partial charge in [0.15, 0.2) is 0 Å². The highest BCUT2D eigenvalue weighted by Gasteiger charge is 2.15. The SMILES string of the molecule is NCc1coc(COCC2CCOC2)c1. The molecular weight excluding hydrogens is 194 g/mol. The molecule has 2 rings (SSSR count). The minimum Gasteiger partial charge on any atom is -0.467 e. The fourth-order valence-electron chi connectivity index (χ4n) is 1.65. The second kappa shape index (κ2) is 5.30. The van der Waals surface area contributed by atoms with E-state index in [2.05, 4.69) is 0 Å². The van der Waals surface area contributed by atoms with Crippen molar-refractivity contribution >= 4 is 0 Å². The molecule has 1 fully saturated rings. The van der Waals surface area contributed by atoms with Crippen LogP contribution in [-0.4, -0.2) is 19.8 Å². The Hall–Kier alpha value is -0.840. The van der Waals surface area contributed by atoms with Crippen molar-refractivity contribution in [3.05, 3.63) is 23.7 Å². The molecule has 1 saturated heterocycles. The van der Waals surface area contributed by atoms with Gasteiger partial charge in [-0.15, -0.1) is 0 Å². The third-order valence-corrected chi connectivity index (χ3v) is 2.57. The molecule has 84 valence electrons.